The largest absolute Gasteiger partial charge is 0.310 e. The first-order valence-corrected chi connectivity index (χ1v) is 6.41. The fraction of sp³-hybridized carbons (Fsp3) is 0.333. The van der Waals surface area contributed by atoms with E-state index in [-0.39, 0.29) is 6.04 Å². The molecule has 1 heterocycles. The molecule has 0 spiro atoms. The summed E-state index contributed by atoms with van der Waals surface area (Å²) in [6, 6.07) is 12.2. The zero-order chi connectivity index (χ0) is 13.7. The van der Waals surface area contributed by atoms with Crippen LogP contribution >= 0.6 is 0 Å². The van der Waals surface area contributed by atoms with Crippen LogP contribution in [0.1, 0.15) is 29.8 Å². The number of rotatable bonds is 5. The molecule has 0 aliphatic carbocycles. The molecule has 2 rings (SSSR count). The van der Waals surface area contributed by atoms with Crippen molar-refractivity contribution >= 4 is 0 Å². The van der Waals surface area contributed by atoms with Gasteiger partial charge in [-0.1, -0.05) is 12.1 Å². The Balaban J connectivity index is 1.85. The monoisotopic (exact) mass is 254 g/mol. The molecule has 1 N–H and O–H groups in total. The van der Waals surface area contributed by atoms with Gasteiger partial charge in [0.2, 0.25) is 0 Å². The van der Waals surface area contributed by atoms with E-state index in [1.54, 1.807) is 0 Å². The summed E-state index contributed by atoms with van der Waals surface area (Å²) in [5, 5.41) is 16.4. The average Bonchev–Trinajstić information content (AvgIpc) is 2.84. The maximum absolute atomic E-state index is 8.77. The van der Waals surface area contributed by atoms with Gasteiger partial charge in [-0.25, -0.2) is 0 Å². The Labute approximate surface area is 113 Å². The predicted octanol–water partition coefficient (Wildman–Crippen LogP) is 2.19. The number of nitriles is 1. The lowest BCUT2D eigenvalue weighted by Gasteiger charge is -2.14. The number of aryl methyl sites for hydroxylation is 1. The predicted molar refractivity (Wildman–Crippen MR) is 74.5 cm³/mol. The minimum absolute atomic E-state index is 0.279. The molecular weight excluding hydrogens is 236 g/mol. The molecule has 0 radical (unpaired) electrons. The molecule has 0 aliphatic heterocycles. The van der Waals surface area contributed by atoms with E-state index in [0.717, 1.165) is 13.0 Å². The molecule has 19 heavy (non-hydrogen) atoms. The number of hydrogen-bond donors (Lipinski definition) is 1. The van der Waals surface area contributed by atoms with Crippen molar-refractivity contribution in [1.29, 1.82) is 5.26 Å². The molecule has 1 aromatic carbocycles. The summed E-state index contributed by atoms with van der Waals surface area (Å²) in [4.78, 5) is 0. The molecule has 2 aromatic rings. The van der Waals surface area contributed by atoms with Gasteiger partial charge >= 0.3 is 0 Å². The number of hydrogen-bond acceptors (Lipinski definition) is 3. The SMILES string of the molecule is CC(NCCc1ccnn1C)c1ccc(C#N)cc1. The smallest absolute Gasteiger partial charge is 0.0991 e. The minimum atomic E-state index is 0.279. The summed E-state index contributed by atoms with van der Waals surface area (Å²) in [7, 11) is 1.96. The summed E-state index contributed by atoms with van der Waals surface area (Å²) < 4.78 is 1.90. The van der Waals surface area contributed by atoms with E-state index in [2.05, 4.69) is 23.4 Å². The zero-order valence-corrected chi connectivity index (χ0v) is 11.3. The van der Waals surface area contributed by atoms with Crippen LogP contribution in [0.2, 0.25) is 0 Å². The second-order valence-corrected chi connectivity index (χ2v) is 4.61. The third kappa shape index (κ3) is 3.43. The van der Waals surface area contributed by atoms with Crippen molar-refractivity contribution in [3.8, 4) is 6.07 Å². The molecule has 0 amide bonds. The summed E-state index contributed by atoms with van der Waals surface area (Å²) in [5.41, 5.74) is 3.12. The third-order valence-electron chi connectivity index (χ3n) is 3.29. The van der Waals surface area contributed by atoms with Crippen LogP contribution < -0.4 is 5.32 Å². The summed E-state index contributed by atoms with van der Waals surface area (Å²) in [6.07, 6.45) is 2.77. The van der Waals surface area contributed by atoms with E-state index in [4.69, 9.17) is 5.26 Å². The van der Waals surface area contributed by atoms with Crippen LogP contribution in [0.4, 0.5) is 0 Å². The second-order valence-electron chi connectivity index (χ2n) is 4.61. The maximum Gasteiger partial charge on any atom is 0.0991 e. The van der Waals surface area contributed by atoms with E-state index in [1.165, 1.54) is 11.3 Å². The highest BCUT2D eigenvalue weighted by Crippen LogP contribution is 2.13. The molecular formula is C15H18N4. The van der Waals surface area contributed by atoms with E-state index in [1.807, 2.05) is 48.3 Å². The molecule has 1 aromatic heterocycles. The minimum Gasteiger partial charge on any atom is -0.310 e. The van der Waals surface area contributed by atoms with Gasteiger partial charge in [0.05, 0.1) is 11.6 Å². The molecule has 0 aliphatic rings. The zero-order valence-electron chi connectivity index (χ0n) is 11.3. The Bertz CT molecular complexity index is 563. The van der Waals surface area contributed by atoms with Gasteiger partial charge in [0.25, 0.3) is 0 Å². The number of nitrogens with zero attached hydrogens (tertiary/aromatic N) is 3. The van der Waals surface area contributed by atoms with Crippen LogP contribution in [-0.2, 0) is 13.5 Å². The summed E-state index contributed by atoms with van der Waals surface area (Å²) in [5.74, 6) is 0. The van der Waals surface area contributed by atoms with E-state index < -0.39 is 0 Å². The van der Waals surface area contributed by atoms with Gasteiger partial charge in [-0.15, -0.1) is 0 Å². The highest BCUT2D eigenvalue weighted by molar-refractivity contribution is 5.32. The summed E-state index contributed by atoms with van der Waals surface area (Å²) >= 11 is 0. The van der Waals surface area contributed by atoms with Crippen molar-refractivity contribution in [3.05, 3.63) is 53.3 Å². The molecule has 1 atom stereocenters. The van der Waals surface area contributed by atoms with Gasteiger partial charge in [-0.3, -0.25) is 4.68 Å². The molecule has 0 saturated carbocycles. The third-order valence-corrected chi connectivity index (χ3v) is 3.29. The molecule has 1 unspecified atom stereocenters. The first kappa shape index (κ1) is 13.3. The average molecular weight is 254 g/mol. The van der Waals surface area contributed by atoms with Crippen LogP contribution in [0.15, 0.2) is 36.5 Å². The van der Waals surface area contributed by atoms with Crippen molar-refractivity contribution in [1.82, 2.24) is 15.1 Å². The Morgan fingerprint density at radius 1 is 1.32 bits per heavy atom. The van der Waals surface area contributed by atoms with Crippen LogP contribution in [0, 0.1) is 11.3 Å². The lowest BCUT2D eigenvalue weighted by atomic mass is 10.1. The van der Waals surface area contributed by atoms with Crippen molar-refractivity contribution in [2.45, 2.75) is 19.4 Å². The first-order valence-electron chi connectivity index (χ1n) is 6.41. The highest BCUT2D eigenvalue weighted by Gasteiger charge is 2.05. The maximum atomic E-state index is 8.77. The fourth-order valence-electron chi connectivity index (χ4n) is 2.03. The summed E-state index contributed by atoms with van der Waals surface area (Å²) in [6.45, 7) is 3.03. The van der Waals surface area contributed by atoms with Gasteiger partial charge in [-0.05, 0) is 30.7 Å². The Morgan fingerprint density at radius 2 is 2.05 bits per heavy atom. The Kier molecular flexibility index (Phi) is 4.32. The molecule has 0 fully saturated rings. The lowest BCUT2D eigenvalue weighted by molar-refractivity contribution is 0.564. The number of nitrogens with one attached hydrogen (secondary N) is 1. The molecule has 98 valence electrons. The van der Waals surface area contributed by atoms with Crippen LogP contribution in [0.25, 0.3) is 0 Å². The van der Waals surface area contributed by atoms with Crippen LogP contribution in [-0.4, -0.2) is 16.3 Å². The second kappa shape index (κ2) is 6.17. The Hall–Kier alpha value is -2.12. The number of aromatic nitrogens is 2. The van der Waals surface area contributed by atoms with Crippen molar-refractivity contribution < 1.29 is 0 Å². The van der Waals surface area contributed by atoms with Crippen molar-refractivity contribution in [2.75, 3.05) is 6.54 Å². The van der Waals surface area contributed by atoms with Gasteiger partial charge in [0, 0.05) is 37.9 Å². The number of benzene rings is 1. The van der Waals surface area contributed by atoms with Gasteiger partial charge in [0.15, 0.2) is 0 Å². The highest BCUT2D eigenvalue weighted by atomic mass is 15.3. The van der Waals surface area contributed by atoms with Crippen LogP contribution in [0.3, 0.4) is 0 Å². The van der Waals surface area contributed by atoms with E-state index in [9.17, 15) is 0 Å². The fourth-order valence-corrected chi connectivity index (χ4v) is 2.03. The van der Waals surface area contributed by atoms with Crippen molar-refractivity contribution in [2.24, 2.45) is 7.05 Å². The van der Waals surface area contributed by atoms with Crippen LogP contribution in [0.5, 0.6) is 0 Å². The molecule has 4 nitrogen and oxygen atoms in total. The molecule has 0 bridgehead atoms. The van der Waals surface area contributed by atoms with E-state index >= 15 is 0 Å². The standard InChI is InChI=1S/C15H18N4/c1-12(14-5-3-13(11-16)4-6-14)17-9-7-15-8-10-18-19(15)2/h3-6,8,10,12,17H,7,9H2,1-2H3. The van der Waals surface area contributed by atoms with Crippen molar-refractivity contribution in [3.63, 3.8) is 0 Å². The van der Waals surface area contributed by atoms with Gasteiger partial charge in [-0.2, -0.15) is 10.4 Å². The van der Waals surface area contributed by atoms with Gasteiger partial charge < -0.3 is 5.32 Å². The molecule has 0 saturated heterocycles. The van der Waals surface area contributed by atoms with Gasteiger partial charge in [0.1, 0.15) is 0 Å². The lowest BCUT2D eigenvalue weighted by Crippen LogP contribution is -2.22. The van der Waals surface area contributed by atoms with E-state index in [0.29, 0.717) is 5.56 Å². The first-order chi connectivity index (χ1) is 9.20. The topological polar surface area (TPSA) is 53.6 Å². The molecule has 4 heteroatoms. The normalized spacial score (nSPS) is 12.1. The Morgan fingerprint density at radius 3 is 2.63 bits per heavy atom. The quantitative estimate of drug-likeness (QED) is 0.889.